The molecule has 2 heteroatoms. The van der Waals surface area contributed by atoms with Crippen molar-refractivity contribution in [1.82, 2.24) is 4.98 Å². The Morgan fingerprint density at radius 3 is 2.91 bits per heavy atom. The van der Waals surface area contributed by atoms with Gasteiger partial charge in [0.2, 0.25) is 0 Å². The average Bonchev–Trinajstić information content (AvgIpc) is 2.04. The van der Waals surface area contributed by atoms with Gasteiger partial charge in [-0.05, 0) is 31.6 Å². The summed E-state index contributed by atoms with van der Waals surface area (Å²) in [7, 11) is 0. The second kappa shape index (κ2) is 3.54. The van der Waals surface area contributed by atoms with Crippen LogP contribution in [0, 0.1) is 0 Å². The molecule has 1 heterocycles. The molecule has 11 heavy (non-hydrogen) atoms. The highest BCUT2D eigenvalue weighted by Crippen LogP contribution is 2.19. The van der Waals surface area contributed by atoms with Crippen molar-refractivity contribution >= 4 is 17.2 Å². The number of hydrogen-bond donors (Lipinski definition) is 0. The Hall–Kier alpha value is -0.820. The zero-order chi connectivity index (χ0) is 8.27. The van der Waals surface area contributed by atoms with Crippen LogP contribution in [0.15, 0.2) is 24.4 Å². The first-order valence-corrected chi connectivity index (χ1v) is 3.87. The lowest BCUT2D eigenvalue weighted by Crippen LogP contribution is -1.85. The Balaban J connectivity index is 3.14. The van der Waals surface area contributed by atoms with Crippen LogP contribution >= 0.6 is 11.6 Å². The molecule has 0 fully saturated rings. The van der Waals surface area contributed by atoms with Crippen molar-refractivity contribution in [1.29, 1.82) is 0 Å². The normalized spacial score (nSPS) is 11.7. The number of allylic oxidation sites excluding steroid dienone is 2. The molecule has 0 aromatic carbocycles. The van der Waals surface area contributed by atoms with E-state index in [4.69, 9.17) is 11.6 Å². The van der Waals surface area contributed by atoms with Crippen LogP contribution in [-0.4, -0.2) is 4.98 Å². The summed E-state index contributed by atoms with van der Waals surface area (Å²) in [6, 6.07) is 3.67. The van der Waals surface area contributed by atoms with E-state index in [1.165, 1.54) is 0 Å². The van der Waals surface area contributed by atoms with Gasteiger partial charge < -0.3 is 0 Å². The van der Waals surface area contributed by atoms with Gasteiger partial charge in [-0.2, -0.15) is 0 Å². The fourth-order valence-corrected chi connectivity index (χ4v) is 1.08. The lowest BCUT2D eigenvalue weighted by Gasteiger charge is -2.00. The second-order valence-electron chi connectivity index (χ2n) is 2.31. The quantitative estimate of drug-likeness (QED) is 0.626. The number of nitrogens with zero attached hydrogens (tertiary/aromatic N) is 1. The van der Waals surface area contributed by atoms with Gasteiger partial charge in [-0.25, -0.2) is 0 Å². The second-order valence-corrected chi connectivity index (χ2v) is 2.71. The zero-order valence-electron chi connectivity index (χ0n) is 6.63. The highest BCUT2D eigenvalue weighted by molar-refractivity contribution is 6.32. The molecule has 0 aliphatic rings. The van der Waals surface area contributed by atoms with Gasteiger partial charge >= 0.3 is 0 Å². The minimum absolute atomic E-state index is 0.711. The molecule has 0 radical (unpaired) electrons. The SMILES string of the molecule is C/C=C(\C)c1ncccc1Cl. The molecule has 1 aromatic rings. The van der Waals surface area contributed by atoms with Crippen LogP contribution in [0.25, 0.3) is 5.57 Å². The fourth-order valence-electron chi connectivity index (χ4n) is 0.813. The monoisotopic (exact) mass is 167 g/mol. The van der Waals surface area contributed by atoms with E-state index in [1.807, 2.05) is 32.1 Å². The largest absolute Gasteiger partial charge is 0.255 e. The van der Waals surface area contributed by atoms with Crippen LogP contribution in [0.4, 0.5) is 0 Å². The standard InChI is InChI=1S/C9H10ClN/c1-3-7(2)9-8(10)5-4-6-11-9/h3-6H,1-2H3/b7-3+. The Morgan fingerprint density at radius 1 is 1.64 bits per heavy atom. The van der Waals surface area contributed by atoms with Crippen LogP contribution in [0.3, 0.4) is 0 Å². The molecule has 1 rings (SSSR count). The van der Waals surface area contributed by atoms with Crippen molar-refractivity contribution in [3.05, 3.63) is 35.1 Å². The lowest BCUT2D eigenvalue weighted by molar-refractivity contribution is 1.26. The molecule has 0 unspecified atom stereocenters. The number of pyridine rings is 1. The van der Waals surface area contributed by atoms with E-state index in [1.54, 1.807) is 6.20 Å². The van der Waals surface area contributed by atoms with E-state index in [2.05, 4.69) is 4.98 Å². The minimum Gasteiger partial charge on any atom is -0.255 e. The summed E-state index contributed by atoms with van der Waals surface area (Å²) >= 11 is 5.89. The first kappa shape index (κ1) is 8.28. The molecule has 0 saturated carbocycles. The van der Waals surface area contributed by atoms with Gasteiger partial charge in [0.05, 0.1) is 10.7 Å². The maximum Gasteiger partial charge on any atom is 0.0841 e. The molecule has 0 aliphatic heterocycles. The molecule has 0 atom stereocenters. The summed E-state index contributed by atoms with van der Waals surface area (Å²) < 4.78 is 0. The third kappa shape index (κ3) is 1.81. The van der Waals surface area contributed by atoms with Gasteiger partial charge in [0.15, 0.2) is 0 Å². The minimum atomic E-state index is 0.711. The Morgan fingerprint density at radius 2 is 2.36 bits per heavy atom. The first-order chi connectivity index (χ1) is 5.25. The summed E-state index contributed by atoms with van der Waals surface area (Å²) in [5.74, 6) is 0. The molecule has 0 amide bonds. The third-order valence-corrected chi connectivity index (χ3v) is 1.87. The maximum atomic E-state index is 5.89. The van der Waals surface area contributed by atoms with Crippen molar-refractivity contribution in [2.24, 2.45) is 0 Å². The van der Waals surface area contributed by atoms with E-state index >= 15 is 0 Å². The topological polar surface area (TPSA) is 12.9 Å². The van der Waals surface area contributed by atoms with Gasteiger partial charge in [0.25, 0.3) is 0 Å². The van der Waals surface area contributed by atoms with E-state index in [0.29, 0.717) is 5.02 Å². The maximum absolute atomic E-state index is 5.89. The number of rotatable bonds is 1. The van der Waals surface area contributed by atoms with Crippen LogP contribution in [0.1, 0.15) is 19.5 Å². The third-order valence-electron chi connectivity index (χ3n) is 1.57. The predicted octanol–water partition coefficient (Wildman–Crippen LogP) is 3.16. The first-order valence-electron chi connectivity index (χ1n) is 3.49. The number of aromatic nitrogens is 1. The number of halogens is 1. The van der Waals surface area contributed by atoms with Crippen molar-refractivity contribution < 1.29 is 0 Å². The van der Waals surface area contributed by atoms with E-state index in [-0.39, 0.29) is 0 Å². The number of hydrogen-bond acceptors (Lipinski definition) is 1. The molecule has 1 aromatic heterocycles. The molecule has 0 spiro atoms. The molecular formula is C9H10ClN. The van der Waals surface area contributed by atoms with Gasteiger partial charge in [-0.15, -0.1) is 0 Å². The predicted molar refractivity (Wildman–Crippen MR) is 48.6 cm³/mol. The van der Waals surface area contributed by atoms with Gasteiger partial charge in [0, 0.05) is 6.20 Å². The van der Waals surface area contributed by atoms with Gasteiger partial charge in [-0.3, -0.25) is 4.98 Å². The summed E-state index contributed by atoms with van der Waals surface area (Å²) in [6.07, 6.45) is 3.74. The fraction of sp³-hybridized carbons (Fsp3) is 0.222. The van der Waals surface area contributed by atoms with Crippen LogP contribution in [0.2, 0.25) is 5.02 Å². The van der Waals surface area contributed by atoms with Crippen molar-refractivity contribution in [2.75, 3.05) is 0 Å². The highest BCUT2D eigenvalue weighted by Gasteiger charge is 1.99. The molecular weight excluding hydrogens is 158 g/mol. The van der Waals surface area contributed by atoms with Gasteiger partial charge in [0.1, 0.15) is 0 Å². The average molecular weight is 168 g/mol. The molecule has 0 bridgehead atoms. The highest BCUT2D eigenvalue weighted by atomic mass is 35.5. The van der Waals surface area contributed by atoms with Crippen LogP contribution in [-0.2, 0) is 0 Å². The van der Waals surface area contributed by atoms with Crippen LogP contribution < -0.4 is 0 Å². The molecule has 0 N–H and O–H groups in total. The Bertz CT molecular complexity index is 279. The van der Waals surface area contributed by atoms with Crippen molar-refractivity contribution in [3.8, 4) is 0 Å². The summed E-state index contributed by atoms with van der Waals surface area (Å²) in [6.45, 7) is 3.97. The van der Waals surface area contributed by atoms with E-state index in [9.17, 15) is 0 Å². The van der Waals surface area contributed by atoms with Gasteiger partial charge in [-0.1, -0.05) is 17.7 Å². The smallest absolute Gasteiger partial charge is 0.0841 e. The molecule has 58 valence electrons. The van der Waals surface area contributed by atoms with Crippen LogP contribution in [0.5, 0.6) is 0 Å². The lowest BCUT2D eigenvalue weighted by atomic mass is 10.2. The summed E-state index contributed by atoms with van der Waals surface area (Å²) in [4.78, 5) is 4.15. The van der Waals surface area contributed by atoms with Crippen molar-refractivity contribution in [3.63, 3.8) is 0 Å². The Labute approximate surface area is 71.7 Å². The Kier molecular flexibility index (Phi) is 2.66. The molecule has 1 nitrogen and oxygen atoms in total. The van der Waals surface area contributed by atoms with Crippen molar-refractivity contribution in [2.45, 2.75) is 13.8 Å². The summed E-state index contributed by atoms with van der Waals surface area (Å²) in [5.41, 5.74) is 1.98. The molecule has 0 aliphatic carbocycles. The molecule has 0 saturated heterocycles. The van der Waals surface area contributed by atoms with E-state index < -0.39 is 0 Å². The zero-order valence-corrected chi connectivity index (χ0v) is 7.39. The summed E-state index contributed by atoms with van der Waals surface area (Å²) in [5, 5.41) is 0.711. The van der Waals surface area contributed by atoms with E-state index in [0.717, 1.165) is 11.3 Å².